The molecule has 1 rings (SSSR count). The lowest BCUT2D eigenvalue weighted by molar-refractivity contribution is 0.455. The SMILES string of the molecule is FCc1c(F)c(Br)cc(F)c1Br. The van der Waals surface area contributed by atoms with E-state index in [0.29, 0.717) is 0 Å². The van der Waals surface area contributed by atoms with Crippen LogP contribution in [0.4, 0.5) is 13.2 Å². The van der Waals surface area contributed by atoms with E-state index in [1.807, 2.05) is 0 Å². The number of benzene rings is 1. The summed E-state index contributed by atoms with van der Waals surface area (Å²) in [6.07, 6.45) is 0. The van der Waals surface area contributed by atoms with Gasteiger partial charge in [-0.15, -0.1) is 0 Å². The van der Waals surface area contributed by atoms with Crippen molar-refractivity contribution in [2.24, 2.45) is 0 Å². The first-order valence-electron chi connectivity index (χ1n) is 2.95. The molecule has 0 aromatic heterocycles. The highest BCUT2D eigenvalue weighted by atomic mass is 79.9. The molecule has 0 nitrogen and oxygen atoms in total. The van der Waals surface area contributed by atoms with E-state index in [-0.39, 0.29) is 14.5 Å². The highest BCUT2D eigenvalue weighted by Crippen LogP contribution is 2.29. The van der Waals surface area contributed by atoms with Crippen LogP contribution < -0.4 is 0 Å². The summed E-state index contributed by atoms with van der Waals surface area (Å²) in [5.41, 5.74) is -0.304. The fraction of sp³-hybridized carbons (Fsp3) is 0.143. The van der Waals surface area contributed by atoms with Crippen LogP contribution in [0.25, 0.3) is 0 Å². The van der Waals surface area contributed by atoms with E-state index in [2.05, 4.69) is 31.9 Å². The van der Waals surface area contributed by atoms with Crippen molar-refractivity contribution in [3.8, 4) is 0 Å². The largest absolute Gasteiger partial charge is 0.246 e. The molecule has 0 spiro atoms. The lowest BCUT2D eigenvalue weighted by atomic mass is 10.2. The number of alkyl halides is 1. The summed E-state index contributed by atoms with van der Waals surface area (Å²) >= 11 is 5.52. The molecule has 0 aliphatic carbocycles. The molecule has 0 bridgehead atoms. The number of hydrogen-bond acceptors (Lipinski definition) is 0. The Morgan fingerprint density at radius 3 is 2.33 bits per heavy atom. The van der Waals surface area contributed by atoms with Crippen molar-refractivity contribution in [1.82, 2.24) is 0 Å². The Balaban J connectivity index is 3.42. The van der Waals surface area contributed by atoms with Crippen molar-refractivity contribution < 1.29 is 13.2 Å². The van der Waals surface area contributed by atoms with Gasteiger partial charge in [-0.2, -0.15) is 0 Å². The van der Waals surface area contributed by atoms with Crippen molar-refractivity contribution >= 4 is 31.9 Å². The van der Waals surface area contributed by atoms with Crippen molar-refractivity contribution in [3.63, 3.8) is 0 Å². The highest BCUT2D eigenvalue weighted by molar-refractivity contribution is 9.11. The number of halogens is 5. The van der Waals surface area contributed by atoms with Crippen molar-refractivity contribution in [3.05, 3.63) is 32.2 Å². The van der Waals surface area contributed by atoms with Crippen LogP contribution in [0.1, 0.15) is 5.56 Å². The van der Waals surface area contributed by atoms with E-state index < -0.39 is 18.3 Å². The van der Waals surface area contributed by atoms with E-state index in [1.165, 1.54) is 0 Å². The zero-order valence-corrected chi connectivity index (χ0v) is 8.85. The van der Waals surface area contributed by atoms with E-state index in [1.54, 1.807) is 0 Å². The standard InChI is InChI=1S/C7H3Br2F3/c8-4-1-5(11)6(9)3(2-10)7(4)12/h1H,2H2. The Morgan fingerprint density at radius 1 is 1.25 bits per heavy atom. The Morgan fingerprint density at radius 2 is 1.83 bits per heavy atom. The van der Waals surface area contributed by atoms with Gasteiger partial charge in [0.15, 0.2) is 0 Å². The molecule has 0 aliphatic rings. The third-order valence-electron chi connectivity index (χ3n) is 1.34. The topological polar surface area (TPSA) is 0 Å². The van der Waals surface area contributed by atoms with Gasteiger partial charge in [-0.1, -0.05) is 0 Å². The molecule has 0 amide bonds. The maximum Gasteiger partial charge on any atom is 0.144 e. The second kappa shape index (κ2) is 3.79. The first kappa shape index (κ1) is 10.1. The second-order valence-electron chi connectivity index (χ2n) is 2.08. The Kier molecular flexibility index (Phi) is 3.17. The molecule has 0 saturated heterocycles. The summed E-state index contributed by atoms with van der Waals surface area (Å²) in [6.45, 7) is -1.04. The van der Waals surface area contributed by atoms with Crippen LogP contribution in [0.3, 0.4) is 0 Å². The van der Waals surface area contributed by atoms with Gasteiger partial charge in [0.2, 0.25) is 0 Å². The molecular formula is C7H3Br2F3. The molecule has 12 heavy (non-hydrogen) atoms. The molecule has 0 aliphatic heterocycles. The molecule has 0 N–H and O–H groups in total. The lowest BCUT2D eigenvalue weighted by Crippen LogP contribution is -1.93. The van der Waals surface area contributed by atoms with Gasteiger partial charge < -0.3 is 0 Å². The average molecular weight is 304 g/mol. The Labute approximate surface area is 84.0 Å². The van der Waals surface area contributed by atoms with Gasteiger partial charge in [0, 0.05) is 5.56 Å². The molecule has 0 heterocycles. The summed E-state index contributed by atoms with van der Waals surface area (Å²) in [6, 6.07) is 0.943. The van der Waals surface area contributed by atoms with E-state index in [0.717, 1.165) is 6.07 Å². The van der Waals surface area contributed by atoms with E-state index in [9.17, 15) is 13.2 Å². The summed E-state index contributed by atoms with van der Waals surface area (Å²) in [4.78, 5) is 0. The van der Waals surface area contributed by atoms with Crippen LogP contribution in [0.5, 0.6) is 0 Å². The number of hydrogen-bond donors (Lipinski definition) is 0. The molecule has 0 saturated carbocycles. The summed E-state index contributed by atoms with van der Waals surface area (Å²) < 4.78 is 37.7. The number of rotatable bonds is 1. The maximum atomic E-state index is 13.0. The van der Waals surface area contributed by atoms with E-state index >= 15 is 0 Å². The third-order valence-corrected chi connectivity index (χ3v) is 2.77. The smallest absolute Gasteiger partial charge is 0.144 e. The normalized spacial score (nSPS) is 10.4. The van der Waals surface area contributed by atoms with Crippen LogP contribution in [0.15, 0.2) is 15.0 Å². The third kappa shape index (κ3) is 1.66. The molecule has 5 heteroatoms. The fourth-order valence-electron chi connectivity index (χ4n) is 0.740. The van der Waals surface area contributed by atoms with Crippen molar-refractivity contribution in [1.29, 1.82) is 0 Å². The van der Waals surface area contributed by atoms with Gasteiger partial charge in [0.05, 0.1) is 8.95 Å². The summed E-state index contributed by atoms with van der Waals surface area (Å²) in [5, 5.41) is 0. The fourth-order valence-corrected chi connectivity index (χ4v) is 1.57. The van der Waals surface area contributed by atoms with Crippen molar-refractivity contribution in [2.45, 2.75) is 6.67 Å². The highest BCUT2D eigenvalue weighted by Gasteiger charge is 2.14. The zero-order valence-electron chi connectivity index (χ0n) is 5.67. The molecule has 1 aromatic rings. The van der Waals surface area contributed by atoms with Crippen LogP contribution >= 0.6 is 31.9 Å². The Hall–Kier alpha value is -0.0300. The average Bonchev–Trinajstić information content (AvgIpc) is 2.02. The van der Waals surface area contributed by atoms with E-state index in [4.69, 9.17) is 0 Å². The molecule has 0 radical (unpaired) electrons. The first-order chi connectivity index (χ1) is 5.57. The minimum Gasteiger partial charge on any atom is -0.246 e. The van der Waals surface area contributed by atoms with Gasteiger partial charge in [0.1, 0.15) is 18.3 Å². The summed E-state index contributed by atoms with van der Waals surface area (Å²) in [5.74, 6) is -1.46. The summed E-state index contributed by atoms with van der Waals surface area (Å²) in [7, 11) is 0. The van der Waals surface area contributed by atoms with Crippen LogP contribution in [0.2, 0.25) is 0 Å². The minimum atomic E-state index is -1.04. The van der Waals surface area contributed by atoms with Gasteiger partial charge in [0.25, 0.3) is 0 Å². The predicted molar refractivity (Wildman–Crippen MR) is 46.6 cm³/mol. The van der Waals surface area contributed by atoms with Crippen LogP contribution in [0, 0.1) is 11.6 Å². The molecule has 0 unspecified atom stereocenters. The quantitative estimate of drug-likeness (QED) is 0.689. The van der Waals surface area contributed by atoms with Gasteiger partial charge in [-0.3, -0.25) is 0 Å². The van der Waals surface area contributed by atoms with Crippen LogP contribution in [-0.2, 0) is 6.67 Å². The minimum absolute atomic E-state index is 0.0733. The molecule has 1 aromatic carbocycles. The van der Waals surface area contributed by atoms with Gasteiger partial charge in [-0.25, -0.2) is 13.2 Å². The molecular weight excluding hydrogens is 301 g/mol. The molecule has 0 atom stereocenters. The van der Waals surface area contributed by atoms with Crippen molar-refractivity contribution in [2.75, 3.05) is 0 Å². The predicted octanol–water partition coefficient (Wildman–Crippen LogP) is 3.96. The first-order valence-corrected chi connectivity index (χ1v) is 4.54. The Bertz CT molecular complexity index is 286. The zero-order chi connectivity index (χ0) is 9.30. The molecule has 0 fully saturated rings. The maximum absolute atomic E-state index is 13.0. The lowest BCUT2D eigenvalue weighted by Gasteiger charge is -2.04. The van der Waals surface area contributed by atoms with Gasteiger partial charge >= 0.3 is 0 Å². The second-order valence-corrected chi connectivity index (χ2v) is 3.73. The molecule has 66 valence electrons. The van der Waals surface area contributed by atoms with Gasteiger partial charge in [-0.05, 0) is 37.9 Å². The van der Waals surface area contributed by atoms with Crippen LogP contribution in [-0.4, -0.2) is 0 Å². The monoisotopic (exact) mass is 302 g/mol.